The maximum atomic E-state index is 13.3. The smallest absolute Gasteiger partial charge is 0.241 e. The standard InChI is InChI=1S/C11H11FN2O3S/c1-8-13-11(17-14-8)7-18(15,16)6-9-4-2-3-5-10(9)12/h2-5H,6-7H2,1H3. The molecule has 0 atom stereocenters. The lowest BCUT2D eigenvalue weighted by molar-refractivity contribution is 0.384. The van der Waals surface area contributed by atoms with Crippen molar-refractivity contribution in [2.75, 3.05) is 0 Å². The van der Waals surface area contributed by atoms with Crippen molar-refractivity contribution in [1.82, 2.24) is 10.1 Å². The molecule has 5 nitrogen and oxygen atoms in total. The molecule has 0 radical (unpaired) electrons. The van der Waals surface area contributed by atoms with Crippen molar-refractivity contribution in [3.05, 3.63) is 47.4 Å². The minimum absolute atomic E-state index is 0.0174. The monoisotopic (exact) mass is 270 g/mol. The molecule has 1 aromatic heterocycles. The molecule has 1 aromatic carbocycles. The van der Waals surface area contributed by atoms with Crippen molar-refractivity contribution in [2.45, 2.75) is 18.4 Å². The van der Waals surface area contributed by atoms with Crippen LogP contribution in [-0.2, 0) is 21.3 Å². The van der Waals surface area contributed by atoms with Gasteiger partial charge in [0.05, 0.1) is 5.75 Å². The second kappa shape index (κ2) is 4.85. The highest BCUT2D eigenvalue weighted by molar-refractivity contribution is 7.89. The van der Waals surface area contributed by atoms with Crippen LogP contribution in [0.15, 0.2) is 28.8 Å². The van der Waals surface area contributed by atoms with Crippen LogP contribution in [0.1, 0.15) is 17.3 Å². The molecule has 0 bridgehead atoms. The Hall–Kier alpha value is -1.76. The molecule has 0 saturated heterocycles. The van der Waals surface area contributed by atoms with Crippen LogP contribution in [0.4, 0.5) is 4.39 Å². The van der Waals surface area contributed by atoms with E-state index >= 15 is 0 Å². The predicted molar refractivity (Wildman–Crippen MR) is 61.8 cm³/mol. The first-order chi connectivity index (χ1) is 8.46. The molecule has 7 heteroatoms. The van der Waals surface area contributed by atoms with E-state index in [1.54, 1.807) is 13.0 Å². The minimum Gasteiger partial charge on any atom is -0.338 e. The van der Waals surface area contributed by atoms with Crippen molar-refractivity contribution >= 4 is 9.84 Å². The van der Waals surface area contributed by atoms with E-state index in [-0.39, 0.29) is 23.0 Å². The predicted octanol–water partition coefficient (Wildman–Crippen LogP) is 1.63. The number of nitrogens with zero attached hydrogens (tertiary/aromatic N) is 2. The van der Waals surface area contributed by atoms with Crippen LogP contribution in [0.2, 0.25) is 0 Å². The molecule has 2 rings (SSSR count). The quantitative estimate of drug-likeness (QED) is 0.844. The van der Waals surface area contributed by atoms with Gasteiger partial charge in [0, 0.05) is 5.56 Å². The fraction of sp³-hybridized carbons (Fsp3) is 0.273. The van der Waals surface area contributed by atoms with Crippen LogP contribution in [0, 0.1) is 12.7 Å². The number of sulfone groups is 1. The van der Waals surface area contributed by atoms with Crippen LogP contribution in [0.25, 0.3) is 0 Å². The van der Waals surface area contributed by atoms with E-state index in [0.29, 0.717) is 5.82 Å². The Morgan fingerprint density at radius 2 is 2.00 bits per heavy atom. The van der Waals surface area contributed by atoms with Gasteiger partial charge in [-0.1, -0.05) is 23.4 Å². The summed E-state index contributed by atoms with van der Waals surface area (Å²) in [5.74, 6) is -0.929. The highest BCUT2D eigenvalue weighted by Gasteiger charge is 2.19. The van der Waals surface area contributed by atoms with Gasteiger partial charge >= 0.3 is 0 Å². The van der Waals surface area contributed by atoms with Crippen LogP contribution < -0.4 is 0 Å². The highest BCUT2D eigenvalue weighted by Crippen LogP contribution is 2.14. The van der Waals surface area contributed by atoms with Gasteiger partial charge in [0.15, 0.2) is 15.7 Å². The maximum absolute atomic E-state index is 13.3. The molecule has 0 aliphatic carbocycles. The van der Waals surface area contributed by atoms with Gasteiger partial charge in [-0.05, 0) is 13.0 Å². The van der Waals surface area contributed by atoms with E-state index in [1.165, 1.54) is 18.2 Å². The largest absolute Gasteiger partial charge is 0.338 e. The van der Waals surface area contributed by atoms with Crippen molar-refractivity contribution < 1.29 is 17.3 Å². The summed E-state index contributed by atoms with van der Waals surface area (Å²) in [4.78, 5) is 3.81. The van der Waals surface area contributed by atoms with Gasteiger partial charge in [-0.15, -0.1) is 0 Å². The van der Waals surface area contributed by atoms with Crippen LogP contribution in [-0.4, -0.2) is 18.6 Å². The molecule has 0 aliphatic rings. The number of rotatable bonds is 4. The fourth-order valence-electron chi connectivity index (χ4n) is 1.49. The van der Waals surface area contributed by atoms with E-state index in [4.69, 9.17) is 4.52 Å². The van der Waals surface area contributed by atoms with E-state index in [2.05, 4.69) is 10.1 Å². The highest BCUT2D eigenvalue weighted by atomic mass is 32.2. The van der Waals surface area contributed by atoms with Crippen molar-refractivity contribution in [2.24, 2.45) is 0 Å². The zero-order chi connectivity index (χ0) is 13.2. The summed E-state index contributed by atoms with van der Waals surface area (Å²) in [6.07, 6.45) is 0. The average molecular weight is 270 g/mol. The Kier molecular flexibility index (Phi) is 3.42. The van der Waals surface area contributed by atoms with Gasteiger partial charge in [0.25, 0.3) is 0 Å². The molecule has 96 valence electrons. The molecule has 0 unspecified atom stereocenters. The molecule has 0 spiro atoms. The second-order valence-electron chi connectivity index (χ2n) is 3.86. The maximum Gasteiger partial charge on any atom is 0.241 e. The Balaban J connectivity index is 2.15. The SMILES string of the molecule is Cc1noc(CS(=O)(=O)Cc2ccccc2F)n1. The number of aryl methyl sites for hydroxylation is 1. The third-order valence-electron chi connectivity index (χ3n) is 2.25. The van der Waals surface area contributed by atoms with Crippen molar-refractivity contribution in [3.8, 4) is 0 Å². The molecule has 0 fully saturated rings. The molecule has 2 aromatic rings. The summed E-state index contributed by atoms with van der Waals surface area (Å²) < 4.78 is 41.8. The molecule has 1 heterocycles. The van der Waals surface area contributed by atoms with Gasteiger partial charge in [-0.3, -0.25) is 0 Å². The van der Waals surface area contributed by atoms with E-state index < -0.39 is 15.7 Å². The number of aromatic nitrogens is 2. The number of halogens is 1. The molecular weight excluding hydrogens is 259 g/mol. The van der Waals surface area contributed by atoms with Crippen molar-refractivity contribution in [3.63, 3.8) is 0 Å². The average Bonchev–Trinajstić information content (AvgIpc) is 2.66. The lowest BCUT2D eigenvalue weighted by atomic mass is 10.2. The van der Waals surface area contributed by atoms with Crippen molar-refractivity contribution in [1.29, 1.82) is 0 Å². The minimum atomic E-state index is -3.53. The van der Waals surface area contributed by atoms with Gasteiger partial charge in [0.2, 0.25) is 5.89 Å². The first kappa shape index (κ1) is 12.7. The fourth-order valence-corrected chi connectivity index (χ4v) is 2.79. The summed E-state index contributed by atoms with van der Waals surface area (Å²) >= 11 is 0. The third kappa shape index (κ3) is 3.13. The van der Waals surface area contributed by atoms with Crippen LogP contribution in [0.3, 0.4) is 0 Å². The van der Waals surface area contributed by atoms with E-state index in [9.17, 15) is 12.8 Å². The molecule has 0 N–H and O–H groups in total. The lowest BCUT2D eigenvalue weighted by Crippen LogP contribution is -2.09. The van der Waals surface area contributed by atoms with Crippen LogP contribution >= 0.6 is 0 Å². The second-order valence-corrected chi connectivity index (χ2v) is 5.92. The lowest BCUT2D eigenvalue weighted by Gasteiger charge is -2.02. The van der Waals surface area contributed by atoms with Gasteiger partial charge in [-0.2, -0.15) is 4.98 Å². The normalized spacial score (nSPS) is 11.7. The first-order valence-corrected chi connectivity index (χ1v) is 7.01. The molecule has 0 amide bonds. The number of hydrogen-bond donors (Lipinski definition) is 0. The zero-order valence-corrected chi connectivity index (χ0v) is 10.4. The Bertz CT molecular complexity index is 652. The van der Waals surface area contributed by atoms with Gasteiger partial charge in [0.1, 0.15) is 11.6 Å². The summed E-state index contributed by atoms with van der Waals surface area (Å²) in [6, 6.07) is 5.76. The summed E-state index contributed by atoms with van der Waals surface area (Å²) in [5, 5.41) is 3.50. The molecule has 0 saturated carbocycles. The summed E-state index contributed by atoms with van der Waals surface area (Å²) in [5.41, 5.74) is 0.133. The van der Waals surface area contributed by atoms with E-state index in [1.807, 2.05) is 0 Å². The first-order valence-electron chi connectivity index (χ1n) is 5.19. The third-order valence-corrected chi connectivity index (χ3v) is 3.68. The summed E-state index contributed by atoms with van der Waals surface area (Å²) in [7, 11) is -3.53. The topological polar surface area (TPSA) is 73.1 Å². The van der Waals surface area contributed by atoms with Crippen LogP contribution in [0.5, 0.6) is 0 Å². The zero-order valence-electron chi connectivity index (χ0n) is 9.63. The number of hydrogen-bond acceptors (Lipinski definition) is 5. The Labute approximate surface area is 104 Å². The van der Waals surface area contributed by atoms with E-state index in [0.717, 1.165) is 0 Å². The number of benzene rings is 1. The summed E-state index contributed by atoms with van der Waals surface area (Å²) in [6.45, 7) is 1.59. The van der Waals surface area contributed by atoms with Gasteiger partial charge < -0.3 is 4.52 Å². The van der Waals surface area contributed by atoms with Gasteiger partial charge in [-0.25, -0.2) is 12.8 Å². The molecule has 18 heavy (non-hydrogen) atoms. The molecular formula is C11H11FN2O3S. The Morgan fingerprint density at radius 1 is 1.28 bits per heavy atom. The molecule has 0 aliphatic heterocycles. The Morgan fingerprint density at radius 3 is 2.61 bits per heavy atom.